The van der Waals surface area contributed by atoms with Crippen LogP contribution in [-0.2, 0) is 101 Å². The zero-order valence-corrected chi connectivity index (χ0v) is 79.7. The summed E-state index contributed by atoms with van der Waals surface area (Å²) < 4.78 is 0. The molecule has 0 saturated carbocycles. The van der Waals surface area contributed by atoms with E-state index >= 15 is 14.4 Å². The van der Waals surface area contributed by atoms with Crippen LogP contribution in [0.2, 0.25) is 0 Å². The number of aromatic nitrogens is 2. The summed E-state index contributed by atoms with van der Waals surface area (Å²) >= 11 is 2.77. The van der Waals surface area contributed by atoms with E-state index in [0.29, 0.717) is 57.1 Å². The summed E-state index contributed by atoms with van der Waals surface area (Å²) in [6.45, 7) is 9.69. The quantitative estimate of drug-likeness (QED) is 0.0111. The standard InChI is InChI=1S/C90H136N22O22S2/c1-10-49(6)74(87(131)104-63(29-31-73(118)119)79(123)110-70(46-113)86(130)109-69(89(133)134)42-53-44-98-59-21-14-12-19-56(53)59)111-72(117)45-99-77(121)62(28-30-71(93)116)102-84(128)67(40-51-24-26-54(115)27-25-51)107-78(122)60(22-15-16-34-91)100-80(124)64(33-37-136-9)103-83(127)66(39-48(4)5)106-85(129)68(41-52-43-97-58-20-13-11-18-55(52)58)108-88(132)75(50(7)114)112-81(125)61(23-17-35-96-90(94)95)101-82(126)65(38-47(2)3)105-76(120)57(92)32-36-135-8/h11-14,18-21,24-27,43-44,47-50,57,60-70,74-75,97-98,113-115H,10,15-17,22-23,28-42,45-46,91-92H2,1-9H3,(H2,93,116)(H,99,121)(H,100,124)(H,101,126)(H,102,128)(H,103,127)(H,104,131)(H,105,120)(H,106,129)(H,107,122)(H,108,132)(H,109,130)(H,110,123)(H,111,117)(H,112,125)(H,118,119)(H,133,134)(H4,94,95,96)/t49-,50+,57-,60-,61-,62-,63-,64-,65-,66-,67-,68-,69-,70-,74-,75-/m0/s1. The van der Waals surface area contributed by atoms with Gasteiger partial charge in [-0.05, 0) is 167 Å². The van der Waals surface area contributed by atoms with Crippen molar-refractivity contribution in [3.05, 3.63) is 102 Å². The summed E-state index contributed by atoms with van der Waals surface area (Å²) in [7, 11) is 0. The van der Waals surface area contributed by atoms with Crippen LogP contribution >= 0.6 is 23.5 Å². The summed E-state index contributed by atoms with van der Waals surface area (Å²) in [6.07, 6.45) is 2.66. The molecule has 0 radical (unpaired) electrons. The molecule has 16 atom stereocenters. The largest absolute Gasteiger partial charge is 0.508 e. The minimum Gasteiger partial charge on any atom is -0.508 e. The van der Waals surface area contributed by atoms with Crippen LogP contribution < -0.4 is 103 Å². The van der Waals surface area contributed by atoms with Gasteiger partial charge >= 0.3 is 11.9 Å². The Morgan fingerprint density at radius 3 is 1.35 bits per heavy atom. The average molecular weight is 1940 g/mol. The van der Waals surface area contributed by atoms with Gasteiger partial charge < -0.3 is 138 Å². The maximum absolute atomic E-state index is 15.2. The number of guanidine groups is 1. The number of para-hydroxylation sites is 2. The number of carboxylic acid groups (broad SMARTS) is 2. The van der Waals surface area contributed by atoms with E-state index in [1.165, 1.54) is 61.6 Å². The number of primary amides is 1. The van der Waals surface area contributed by atoms with Crippen molar-refractivity contribution in [2.75, 3.05) is 50.3 Å². The normalized spacial score (nSPS) is 14.8. The zero-order chi connectivity index (χ0) is 101. The van der Waals surface area contributed by atoms with E-state index in [4.69, 9.17) is 28.3 Å². The predicted octanol–water partition coefficient (Wildman–Crippen LogP) is -2.25. The van der Waals surface area contributed by atoms with Gasteiger partial charge in [-0.25, -0.2) is 4.79 Å². The molecule has 0 unspecified atom stereocenters. The maximum atomic E-state index is 15.2. The van der Waals surface area contributed by atoms with Crippen molar-refractivity contribution in [3.8, 4) is 5.75 Å². The van der Waals surface area contributed by atoms with Gasteiger partial charge in [0, 0.05) is 72.8 Å². The van der Waals surface area contributed by atoms with Crippen molar-refractivity contribution < 1.29 is 107 Å². The van der Waals surface area contributed by atoms with Crippen LogP contribution in [-0.4, -0.2) is 283 Å². The van der Waals surface area contributed by atoms with E-state index < -0.39 is 236 Å². The number of fused-ring (bicyclic) bond motifs is 2. The molecule has 0 saturated heterocycles. The van der Waals surface area contributed by atoms with Crippen molar-refractivity contribution >= 4 is 152 Å². The molecule has 3 aromatic carbocycles. The number of aromatic hydroxyl groups is 1. The van der Waals surface area contributed by atoms with Gasteiger partial charge in [0.05, 0.1) is 25.3 Å². The molecule has 0 bridgehead atoms. The number of aromatic amines is 2. The Labute approximate surface area is 796 Å². The van der Waals surface area contributed by atoms with Crippen molar-refractivity contribution in [1.82, 2.24) is 89.7 Å². The van der Waals surface area contributed by atoms with Crippen LogP contribution in [0.5, 0.6) is 5.75 Å². The lowest BCUT2D eigenvalue weighted by molar-refractivity contribution is -0.142. The van der Waals surface area contributed by atoms with Crippen LogP contribution in [0.15, 0.2) is 85.2 Å². The number of nitrogens with two attached hydrogens (primary N) is 4. The van der Waals surface area contributed by atoms with Gasteiger partial charge in [-0.3, -0.25) is 82.1 Å². The highest BCUT2D eigenvalue weighted by molar-refractivity contribution is 7.98. The fourth-order valence-electron chi connectivity index (χ4n) is 14.5. The second kappa shape index (κ2) is 58.6. The molecule has 5 aromatic rings. The number of carboxylic acids is 2. The maximum Gasteiger partial charge on any atom is 0.326 e. The Morgan fingerprint density at radius 2 is 0.853 bits per heavy atom. The van der Waals surface area contributed by atoms with Crippen molar-refractivity contribution in [3.63, 3.8) is 0 Å². The molecule has 46 heteroatoms. The van der Waals surface area contributed by atoms with Crippen molar-refractivity contribution in [2.45, 2.75) is 248 Å². The van der Waals surface area contributed by atoms with Crippen LogP contribution in [0.3, 0.4) is 0 Å². The SMILES string of the molecule is CC[C@H](C)[C@H](NC(=O)CNC(=O)[C@H](CCC(N)=O)NC(=O)[C@H](Cc1ccc(O)cc1)NC(=O)[C@H](CCCCN)NC(=O)[C@H](CCSC)NC(=O)[C@H](CC(C)C)NC(=O)[C@H](Cc1c[nH]c2ccccc12)NC(=O)[C@@H](NC(=O)[C@H](CCCNC(=N)N)NC(=O)[C@H](CC(C)C)NC(=O)[C@@H](N)CCSC)[C@@H](C)O)C(=O)N[C@@H](CCC(=O)O)C(=O)N[C@@H](CO)C(=O)N[C@@H](Cc1c[nH]c2ccccc12)C(=O)O. The Balaban J connectivity index is 1.38. The molecule has 0 aliphatic heterocycles. The number of H-pyrrole nitrogens is 2. The minimum atomic E-state index is -1.83. The lowest BCUT2D eigenvalue weighted by Crippen LogP contribution is -2.62. The smallest absolute Gasteiger partial charge is 0.326 e. The first-order valence-corrected chi connectivity index (χ1v) is 47.9. The summed E-state index contributed by atoms with van der Waals surface area (Å²) in [6, 6.07) is -2.06. The molecule has 750 valence electrons. The highest BCUT2D eigenvalue weighted by Gasteiger charge is 2.40. The van der Waals surface area contributed by atoms with E-state index in [0.717, 1.165) is 0 Å². The van der Waals surface area contributed by atoms with Gasteiger partial charge in [0.1, 0.15) is 84.3 Å². The highest BCUT2D eigenvalue weighted by atomic mass is 32.2. The van der Waals surface area contributed by atoms with Crippen LogP contribution in [0.1, 0.15) is 155 Å². The number of phenols is 1. The monoisotopic (exact) mass is 1940 g/mol. The van der Waals surface area contributed by atoms with Gasteiger partial charge in [-0.1, -0.05) is 96.5 Å². The molecule has 15 amide bonds. The third-order valence-electron chi connectivity index (χ3n) is 22.3. The van der Waals surface area contributed by atoms with Gasteiger partial charge in [0.25, 0.3) is 0 Å². The average Bonchev–Trinajstić information content (AvgIpc) is 1.69. The number of hydrogen-bond donors (Lipinski definition) is 27. The van der Waals surface area contributed by atoms with E-state index in [1.54, 1.807) is 88.0 Å². The Bertz CT molecular complexity index is 4860. The fraction of sp³-hybridized carbons (Fsp3) is 0.556. The van der Waals surface area contributed by atoms with Crippen LogP contribution in [0.4, 0.5) is 0 Å². The van der Waals surface area contributed by atoms with Crippen molar-refractivity contribution in [2.24, 2.45) is 40.7 Å². The summed E-state index contributed by atoms with van der Waals surface area (Å²) in [5.41, 5.74) is 25.9. The number of aliphatic hydroxyl groups excluding tert-OH is 2. The first kappa shape index (κ1) is 114. The zero-order valence-electron chi connectivity index (χ0n) is 78.0. The first-order valence-electron chi connectivity index (χ1n) is 45.1. The minimum absolute atomic E-state index is 0.0652. The Hall–Kier alpha value is -12.7. The van der Waals surface area contributed by atoms with Gasteiger partial charge in [-0.2, -0.15) is 23.5 Å². The molecule has 0 spiro atoms. The molecule has 31 N–H and O–H groups in total. The number of hydrogen-bond acceptors (Lipinski definition) is 25. The highest BCUT2D eigenvalue weighted by Crippen LogP contribution is 2.24. The van der Waals surface area contributed by atoms with E-state index in [2.05, 4.69) is 89.7 Å². The van der Waals surface area contributed by atoms with Gasteiger partial charge in [0.15, 0.2) is 5.96 Å². The number of phenolic OH excluding ortho intramolecular Hbond substituents is 1. The third-order valence-corrected chi connectivity index (χ3v) is 23.5. The number of carbonyl (C=O) groups is 17. The summed E-state index contributed by atoms with van der Waals surface area (Å²) in [4.78, 5) is 245. The van der Waals surface area contributed by atoms with Crippen LogP contribution in [0.25, 0.3) is 21.8 Å². The van der Waals surface area contributed by atoms with E-state index in [-0.39, 0.29) is 113 Å². The number of benzene rings is 3. The Kier molecular flexibility index (Phi) is 49.0. The molecular weight excluding hydrogens is 1810 g/mol. The Morgan fingerprint density at radius 1 is 0.441 bits per heavy atom. The van der Waals surface area contributed by atoms with E-state index in [1.807, 2.05) is 20.1 Å². The number of unbranched alkanes of at least 4 members (excludes halogenated alkanes) is 1. The molecular formula is C90H136N22O22S2. The van der Waals surface area contributed by atoms with Crippen LogP contribution in [0, 0.1) is 23.2 Å². The number of aliphatic carboxylic acids is 2. The number of nitrogens with one attached hydrogen (secondary N) is 18. The number of aliphatic hydroxyl groups is 2. The van der Waals surface area contributed by atoms with E-state index in [9.17, 15) is 92.7 Å². The molecule has 5 rings (SSSR count). The third kappa shape index (κ3) is 39.0. The fourth-order valence-corrected chi connectivity index (χ4v) is 15.5. The lowest BCUT2D eigenvalue weighted by atomic mass is 9.97. The second-order valence-corrected chi connectivity index (χ2v) is 36.2. The molecule has 2 heterocycles. The molecule has 136 heavy (non-hydrogen) atoms. The summed E-state index contributed by atoms with van der Waals surface area (Å²) in [5.74, 6) is -18.6. The second-order valence-electron chi connectivity index (χ2n) is 34.2. The predicted molar refractivity (Wildman–Crippen MR) is 510 cm³/mol. The lowest BCUT2D eigenvalue weighted by Gasteiger charge is -2.29. The number of thioether (sulfide) groups is 2. The number of rotatable bonds is 63. The van der Waals surface area contributed by atoms with Gasteiger partial charge in [-0.15, -0.1) is 0 Å². The first-order chi connectivity index (χ1) is 64.5. The van der Waals surface area contributed by atoms with Crippen molar-refractivity contribution in [1.29, 1.82) is 5.41 Å². The van der Waals surface area contributed by atoms with Gasteiger partial charge in [0.2, 0.25) is 88.6 Å². The molecule has 0 aliphatic carbocycles. The number of carbonyl (C=O) groups excluding carboxylic acids is 15. The molecule has 44 nitrogen and oxygen atoms in total. The topological polar surface area (TPSA) is 731 Å². The number of amides is 15. The summed E-state index contributed by atoms with van der Waals surface area (Å²) in [5, 5.41) is 99.0. The molecule has 0 aliphatic rings. The molecule has 2 aromatic heterocycles. The molecule has 0 fully saturated rings.